The van der Waals surface area contributed by atoms with Crippen molar-refractivity contribution in [3.05, 3.63) is 59.2 Å². The number of rotatable bonds is 3. The van der Waals surface area contributed by atoms with E-state index in [0.29, 0.717) is 17.1 Å². The molecule has 4 heteroatoms. The largest absolute Gasteiger partial charge is 0.457 e. The average Bonchev–Trinajstić information content (AvgIpc) is 2.35. The fourth-order valence-corrected chi connectivity index (χ4v) is 1.77. The summed E-state index contributed by atoms with van der Waals surface area (Å²) in [5, 5.41) is 0. The van der Waals surface area contributed by atoms with Crippen molar-refractivity contribution in [1.29, 1.82) is 0 Å². The lowest BCUT2D eigenvalue weighted by Gasteiger charge is -2.15. The molecule has 0 saturated carbocycles. The molecule has 0 fully saturated rings. The van der Waals surface area contributed by atoms with Crippen LogP contribution in [0.25, 0.3) is 0 Å². The lowest BCUT2D eigenvalue weighted by molar-refractivity contribution is 0.461. The summed E-state index contributed by atoms with van der Waals surface area (Å²) >= 11 is 0. The predicted octanol–water partition coefficient (Wildman–Crippen LogP) is 4.09. The van der Waals surface area contributed by atoms with Crippen LogP contribution < -0.4 is 10.5 Å². The molecule has 0 aliphatic heterocycles. The predicted molar refractivity (Wildman–Crippen MR) is 70.2 cm³/mol. The molecule has 2 nitrogen and oxygen atoms in total. The Balaban J connectivity index is 2.40. The Morgan fingerprint density at radius 3 is 2.32 bits per heavy atom. The summed E-state index contributed by atoms with van der Waals surface area (Å²) in [6.07, 6.45) is 0. The van der Waals surface area contributed by atoms with Crippen LogP contribution in [0.1, 0.15) is 24.1 Å². The molecule has 0 bridgehead atoms. The Kier molecular flexibility index (Phi) is 3.81. The van der Waals surface area contributed by atoms with E-state index in [1.165, 1.54) is 30.3 Å². The quantitative estimate of drug-likeness (QED) is 0.905. The van der Waals surface area contributed by atoms with Crippen LogP contribution in [0.3, 0.4) is 0 Å². The summed E-state index contributed by atoms with van der Waals surface area (Å²) in [4.78, 5) is 0. The number of nitrogens with two attached hydrogens (primary N) is 1. The first-order chi connectivity index (χ1) is 8.97. The van der Waals surface area contributed by atoms with E-state index in [1.54, 1.807) is 13.0 Å². The van der Waals surface area contributed by atoms with E-state index in [4.69, 9.17) is 10.5 Å². The van der Waals surface area contributed by atoms with Crippen molar-refractivity contribution in [2.24, 2.45) is 5.73 Å². The number of hydrogen-bond acceptors (Lipinski definition) is 2. The summed E-state index contributed by atoms with van der Waals surface area (Å²) in [5.41, 5.74) is 7.12. The second-order valence-corrected chi connectivity index (χ2v) is 4.48. The third-order valence-electron chi connectivity index (χ3n) is 2.83. The van der Waals surface area contributed by atoms with Gasteiger partial charge < -0.3 is 10.5 Å². The molecule has 0 spiro atoms. The Bertz CT molecular complexity index is 597. The standard InChI is InChI=1S/C15H15F2NO/c1-9-3-4-12(17)8-15(9)19-14-6-5-11(16)7-13(14)10(2)18/h3-8,10H,18H2,1-2H3/t10-/m1/s1. The molecule has 0 amide bonds. The SMILES string of the molecule is Cc1ccc(F)cc1Oc1ccc(F)cc1[C@@H](C)N. The fourth-order valence-electron chi connectivity index (χ4n) is 1.77. The van der Waals surface area contributed by atoms with Gasteiger partial charge in [-0.05, 0) is 43.7 Å². The smallest absolute Gasteiger partial charge is 0.133 e. The normalized spacial score (nSPS) is 12.3. The molecule has 0 heterocycles. The van der Waals surface area contributed by atoms with Crippen LogP contribution >= 0.6 is 0 Å². The van der Waals surface area contributed by atoms with E-state index in [-0.39, 0.29) is 17.7 Å². The molecule has 2 N–H and O–H groups in total. The van der Waals surface area contributed by atoms with Gasteiger partial charge in [-0.25, -0.2) is 8.78 Å². The third kappa shape index (κ3) is 3.09. The highest BCUT2D eigenvalue weighted by atomic mass is 19.1. The van der Waals surface area contributed by atoms with Crippen LogP contribution in [0.15, 0.2) is 36.4 Å². The highest BCUT2D eigenvalue weighted by Gasteiger charge is 2.12. The van der Waals surface area contributed by atoms with Gasteiger partial charge in [0, 0.05) is 17.7 Å². The van der Waals surface area contributed by atoms with E-state index >= 15 is 0 Å². The molecule has 0 saturated heterocycles. The second-order valence-electron chi connectivity index (χ2n) is 4.48. The van der Waals surface area contributed by atoms with Gasteiger partial charge in [-0.3, -0.25) is 0 Å². The second kappa shape index (κ2) is 5.36. The van der Waals surface area contributed by atoms with Crippen LogP contribution in [0.2, 0.25) is 0 Å². The van der Waals surface area contributed by atoms with Crippen LogP contribution in [-0.2, 0) is 0 Å². The first-order valence-corrected chi connectivity index (χ1v) is 5.96. The minimum absolute atomic E-state index is 0.375. The maximum atomic E-state index is 13.2. The van der Waals surface area contributed by atoms with Gasteiger partial charge in [0.1, 0.15) is 23.1 Å². The van der Waals surface area contributed by atoms with Gasteiger partial charge in [0.2, 0.25) is 0 Å². The number of ether oxygens (including phenoxy) is 1. The van der Waals surface area contributed by atoms with Gasteiger partial charge in [-0.2, -0.15) is 0 Å². The molecule has 1 atom stereocenters. The maximum absolute atomic E-state index is 13.2. The zero-order valence-corrected chi connectivity index (χ0v) is 10.8. The summed E-state index contributed by atoms with van der Waals surface area (Å²) in [5.74, 6) is 0.0688. The van der Waals surface area contributed by atoms with Crippen LogP contribution in [0.5, 0.6) is 11.5 Å². The molecule has 2 rings (SSSR count). The van der Waals surface area contributed by atoms with Gasteiger partial charge in [-0.15, -0.1) is 0 Å². The van der Waals surface area contributed by atoms with E-state index in [1.807, 2.05) is 6.92 Å². The topological polar surface area (TPSA) is 35.2 Å². The molecule has 19 heavy (non-hydrogen) atoms. The van der Waals surface area contributed by atoms with Crippen LogP contribution in [0, 0.1) is 18.6 Å². The van der Waals surface area contributed by atoms with Gasteiger partial charge >= 0.3 is 0 Å². The van der Waals surface area contributed by atoms with Crippen molar-refractivity contribution in [3.8, 4) is 11.5 Å². The van der Waals surface area contributed by atoms with E-state index in [2.05, 4.69) is 0 Å². The lowest BCUT2D eigenvalue weighted by atomic mass is 10.1. The molecule has 0 unspecified atom stereocenters. The van der Waals surface area contributed by atoms with Gasteiger partial charge in [0.25, 0.3) is 0 Å². The number of benzene rings is 2. The maximum Gasteiger partial charge on any atom is 0.133 e. The monoisotopic (exact) mass is 263 g/mol. The molecule has 2 aromatic rings. The minimum Gasteiger partial charge on any atom is -0.457 e. The van der Waals surface area contributed by atoms with Crippen LogP contribution in [-0.4, -0.2) is 0 Å². The van der Waals surface area contributed by atoms with E-state index < -0.39 is 0 Å². The van der Waals surface area contributed by atoms with Crippen molar-refractivity contribution in [1.82, 2.24) is 0 Å². The van der Waals surface area contributed by atoms with Crippen molar-refractivity contribution in [2.45, 2.75) is 19.9 Å². The molecule has 0 aliphatic rings. The minimum atomic E-state index is -0.384. The van der Waals surface area contributed by atoms with Crippen molar-refractivity contribution in [2.75, 3.05) is 0 Å². The van der Waals surface area contributed by atoms with Crippen molar-refractivity contribution in [3.63, 3.8) is 0 Å². The molecule has 2 aromatic carbocycles. The zero-order chi connectivity index (χ0) is 14.0. The summed E-state index contributed by atoms with van der Waals surface area (Å²) in [6, 6.07) is 8.02. The summed E-state index contributed by atoms with van der Waals surface area (Å²) < 4.78 is 32.1. The lowest BCUT2D eigenvalue weighted by Crippen LogP contribution is -2.07. The van der Waals surface area contributed by atoms with Gasteiger partial charge in [-0.1, -0.05) is 6.07 Å². The van der Waals surface area contributed by atoms with Crippen molar-refractivity contribution >= 4 is 0 Å². The fraction of sp³-hybridized carbons (Fsp3) is 0.200. The van der Waals surface area contributed by atoms with Gasteiger partial charge in [0.05, 0.1) is 0 Å². The number of hydrogen-bond donors (Lipinski definition) is 1. The number of halogens is 2. The van der Waals surface area contributed by atoms with E-state index in [0.717, 1.165) is 5.56 Å². The average molecular weight is 263 g/mol. The molecule has 0 aliphatic carbocycles. The first-order valence-electron chi connectivity index (χ1n) is 5.96. The van der Waals surface area contributed by atoms with Crippen LogP contribution in [0.4, 0.5) is 8.78 Å². The highest BCUT2D eigenvalue weighted by molar-refractivity contribution is 5.42. The molecular weight excluding hydrogens is 248 g/mol. The Hall–Kier alpha value is -1.94. The first kappa shape index (κ1) is 13.5. The summed E-state index contributed by atoms with van der Waals surface area (Å²) in [7, 11) is 0. The molecule has 0 aromatic heterocycles. The Labute approximate surface area is 110 Å². The molecule has 100 valence electrons. The third-order valence-corrected chi connectivity index (χ3v) is 2.83. The van der Waals surface area contributed by atoms with Crippen molar-refractivity contribution < 1.29 is 13.5 Å². The molecule has 0 radical (unpaired) electrons. The Morgan fingerprint density at radius 2 is 1.63 bits per heavy atom. The van der Waals surface area contributed by atoms with E-state index in [9.17, 15) is 8.78 Å². The summed E-state index contributed by atoms with van der Waals surface area (Å²) in [6.45, 7) is 3.55. The van der Waals surface area contributed by atoms with Gasteiger partial charge in [0.15, 0.2) is 0 Å². The molecular formula is C15H15F2NO. The Morgan fingerprint density at radius 1 is 1.00 bits per heavy atom. The highest BCUT2D eigenvalue weighted by Crippen LogP contribution is 2.31. The zero-order valence-electron chi connectivity index (χ0n) is 10.8. The number of aryl methyl sites for hydroxylation is 1.